The topological polar surface area (TPSA) is 17.1 Å². The highest BCUT2D eigenvalue weighted by molar-refractivity contribution is 6.33. The Morgan fingerprint density at radius 1 is 1.12 bits per heavy atom. The van der Waals surface area contributed by atoms with Crippen LogP contribution in [0.4, 0.5) is 0 Å². The van der Waals surface area contributed by atoms with E-state index in [1.165, 1.54) is 0 Å². The van der Waals surface area contributed by atoms with Crippen LogP contribution in [0.2, 0.25) is 0 Å². The second-order valence-corrected chi connectivity index (χ2v) is 4.94. The molecule has 0 aliphatic rings. The van der Waals surface area contributed by atoms with Crippen molar-refractivity contribution >= 4 is 40.6 Å². The maximum absolute atomic E-state index is 11.7. The van der Waals surface area contributed by atoms with Gasteiger partial charge in [0, 0.05) is 17.9 Å². The van der Waals surface area contributed by atoms with Gasteiger partial charge in [0.2, 0.25) is 0 Å². The number of Topliss-reactive ketones (excluding diaryl/α,β-unsaturated/α-hetero) is 1. The van der Waals surface area contributed by atoms with Crippen molar-refractivity contribution in [3.63, 3.8) is 0 Å². The summed E-state index contributed by atoms with van der Waals surface area (Å²) >= 11 is 17.4. The molecule has 1 rings (SSSR count). The fourth-order valence-corrected chi connectivity index (χ4v) is 1.95. The number of halogens is 3. The second-order valence-electron chi connectivity index (χ2n) is 3.51. The minimum Gasteiger partial charge on any atom is -0.294 e. The first kappa shape index (κ1) is 13.8. The first-order chi connectivity index (χ1) is 7.65. The maximum Gasteiger partial charge on any atom is 0.162 e. The van der Waals surface area contributed by atoms with Crippen LogP contribution in [0.5, 0.6) is 0 Å². The number of carbonyl (C=O) groups excluding carboxylic acids is 1. The molecule has 0 fully saturated rings. The Bertz CT molecular complexity index is 326. The van der Waals surface area contributed by atoms with Gasteiger partial charge in [-0.15, -0.1) is 34.8 Å². The summed E-state index contributed by atoms with van der Waals surface area (Å²) in [6, 6.07) is 9.16. The average Bonchev–Trinajstić information content (AvgIpc) is 2.35. The first-order valence-corrected chi connectivity index (χ1v) is 6.48. The third kappa shape index (κ3) is 4.32. The van der Waals surface area contributed by atoms with E-state index in [4.69, 9.17) is 34.8 Å². The molecule has 0 radical (unpaired) electrons. The van der Waals surface area contributed by atoms with Crippen molar-refractivity contribution in [1.29, 1.82) is 0 Å². The van der Waals surface area contributed by atoms with Gasteiger partial charge in [-0.05, 0) is 6.42 Å². The zero-order valence-corrected chi connectivity index (χ0v) is 11.0. The van der Waals surface area contributed by atoms with Crippen molar-refractivity contribution in [1.82, 2.24) is 0 Å². The Kier molecular flexibility index (Phi) is 6.18. The number of ketones is 1. The van der Waals surface area contributed by atoms with Gasteiger partial charge in [-0.1, -0.05) is 30.3 Å². The van der Waals surface area contributed by atoms with Gasteiger partial charge in [-0.2, -0.15) is 0 Å². The number of alkyl halides is 3. The molecule has 0 spiro atoms. The molecule has 0 aromatic heterocycles. The van der Waals surface area contributed by atoms with Crippen LogP contribution in [0, 0.1) is 0 Å². The van der Waals surface area contributed by atoms with Gasteiger partial charge in [-0.3, -0.25) is 4.79 Å². The lowest BCUT2D eigenvalue weighted by molar-refractivity contribution is 0.0979. The smallest absolute Gasteiger partial charge is 0.162 e. The van der Waals surface area contributed by atoms with Crippen LogP contribution >= 0.6 is 34.8 Å². The van der Waals surface area contributed by atoms with Crippen LogP contribution in [-0.2, 0) is 0 Å². The van der Waals surface area contributed by atoms with E-state index in [-0.39, 0.29) is 16.5 Å². The van der Waals surface area contributed by atoms with Crippen molar-refractivity contribution < 1.29 is 4.79 Å². The SMILES string of the molecule is O=C(CCC(Cl)C(Cl)CCl)c1ccccc1. The Hall–Kier alpha value is -0.240. The van der Waals surface area contributed by atoms with E-state index in [1.54, 1.807) is 12.1 Å². The Morgan fingerprint density at radius 2 is 1.75 bits per heavy atom. The summed E-state index contributed by atoms with van der Waals surface area (Å²) in [5.74, 6) is 0.389. The molecule has 0 amide bonds. The minimum atomic E-state index is -0.285. The molecular weight excluding hydrogens is 266 g/mol. The van der Waals surface area contributed by atoms with E-state index in [9.17, 15) is 4.79 Å². The van der Waals surface area contributed by atoms with E-state index in [2.05, 4.69) is 0 Å². The van der Waals surface area contributed by atoms with Crippen molar-refractivity contribution in [2.45, 2.75) is 23.6 Å². The standard InChI is InChI=1S/C12H13Cl3O/c13-8-11(15)10(14)6-7-12(16)9-4-2-1-3-5-9/h1-5,10-11H,6-8H2. The largest absolute Gasteiger partial charge is 0.294 e. The Morgan fingerprint density at radius 3 is 2.31 bits per heavy atom. The quantitative estimate of drug-likeness (QED) is 0.566. The zero-order chi connectivity index (χ0) is 12.0. The second kappa shape index (κ2) is 7.16. The summed E-state index contributed by atoms with van der Waals surface area (Å²) in [7, 11) is 0. The molecule has 0 aliphatic heterocycles. The number of hydrogen-bond donors (Lipinski definition) is 0. The highest BCUT2D eigenvalue weighted by Gasteiger charge is 2.17. The molecule has 0 heterocycles. The van der Waals surface area contributed by atoms with E-state index in [0.717, 1.165) is 0 Å². The molecule has 4 heteroatoms. The summed E-state index contributed by atoms with van der Waals surface area (Å²) in [6.07, 6.45) is 0.953. The van der Waals surface area contributed by atoms with Gasteiger partial charge < -0.3 is 0 Å². The Labute approximate surface area is 111 Å². The molecule has 16 heavy (non-hydrogen) atoms. The van der Waals surface area contributed by atoms with Gasteiger partial charge in [0.05, 0.1) is 10.8 Å². The van der Waals surface area contributed by atoms with Gasteiger partial charge in [0.1, 0.15) is 0 Å². The molecule has 1 aromatic carbocycles. The molecule has 0 saturated heterocycles. The molecule has 0 N–H and O–H groups in total. The number of benzene rings is 1. The van der Waals surface area contributed by atoms with Crippen molar-refractivity contribution in [3.05, 3.63) is 35.9 Å². The summed E-state index contributed by atoms with van der Waals surface area (Å²) < 4.78 is 0. The minimum absolute atomic E-state index is 0.0877. The Balaban J connectivity index is 2.42. The summed E-state index contributed by atoms with van der Waals surface area (Å²) in [5.41, 5.74) is 0.711. The molecule has 1 nitrogen and oxygen atoms in total. The lowest BCUT2D eigenvalue weighted by Crippen LogP contribution is -2.17. The third-order valence-electron chi connectivity index (χ3n) is 2.28. The summed E-state index contributed by atoms with van der Waals surface area (Å²) in [4.78, 5) is 11.7. The molecule has 2 unspecified atom stereocenters. The third-order valence-corrected chi connectivity index (χ3v) is 3.88. The van der Waals surface area contributed by atoms with E-state index >= 15 is 0 Å². The van der Waals surface area contributed by atoms with E-state index in [1.807, 2.05) is 18.2 Å². The summed E-state index contributed by atoms with van der Waals surface area (Å²) in [5, 5.41) is -0.543. The highest BCUT2D eigenvalue weighted by atomic mass is 35.5. The highest BCUT2D eigenvalue weighted by Crippen LogP contribution is 2.18. The van der Waals surface area contributed by atoms with Crippen molar-refractivity contribution in [2.75, 3.05) is 5.88 Å². The van der Waals surface area contributed by atoms with Crippen molar-refractivity contribution in [2.24, 2.45) is 0 Å². The van der Waals surface area contributed by atoms with Gasteiger partial charge in [0.25, 0.3) is 0 Å². The van der Waals surface area contributed by atoms with Crippen LogP contribution in [0.25, 0.3) is 0 Å². The maximum atomic E-state index is 11.7. The fourth-order valence-electron chi connectivity index (χ4n) is 1.31. The van der Waals surface area contributed by atoms with Gasteiger partial charge >= 0.3 is 0 Å². The predicted octanol–water partition coefficient (Wildman–Crippen LogP) is 4.10. The van der Waals surface area contributed by atoms with Crippen LogP contribution in [0.15, 0.2) is 30.3 Å². The van der Waals surface area contributed by atoms with Crippen LogP contribution in [0.1, 0.15) is 23.2 Å². The molecule has 1 aromatic rings. The number of rotatable bonds is 6. The van der Waals surface area contributed by atoms with Gasteiger partial charge in [-0.25, -0.2) is 0 Å². The van der Waals surface area contributed by atoms with Gasteiger partial charge in [0.15, 0.2) is 5.78 Å². The normalized spacial score (nSPS) is 14.4. The molecule has 88 valence electrons. The zero-order valence-electron chi connectivity index (χ0n) is 8.70. The molecule has 0 saturated carbocycles. The number of carbonyl (C=O) groups is 1. The lowest BCUT2D eigenvalue weighted by atomic mass is 10.0. The predicted molar refractivity (Wildman–Crippen MR) is 70.0 cm³/mol. The van der Waals surface area contributed by atoms with Crippen LogP contribution in [0.3, 0.4) is 0 Å². The molecule has 0 aliphatic carbocycles. The van der Waals surface area contributed by atoms with E-state index in [0.29, 0.717) is 24.3 Å². The summed E-state index contributed by atoms with van der Waals surface area (Å²) in [6.45, 7) is 0. The average molecular weight is 280 g/mol. The monoisotopic (exact) mass is 278 g/mol. The molecule has 0 bridgehead atoms. The van der Waals surface area contributed by atoms with E-state index < -0.39 is 0 Å². The fraction of sp³-hybridized carbons (Fsp3) is 0.417. The molecular formula is C12H13Cl3O. The van der Waals surface area contributed by atoms with Crippen molar-refractivity contribution in [3.8, 4) is 0 Å². The van der Waals surface area contributed by atoms with Crippen LogP contribution < -0.4 is 0 Å². The first-order valence-electron chi connectivity index (χ1n) is 5.07. The molecule has 2 atom stereocenters. The lowest BCUT2D eigenvalue weighted by Gasteiger charge is -2.12. The van der Waals surface area contributed by atoms with Crippen LogP contribution in [-0.4, -0.2) is 22.4 Å². The number of hydrogen-bond acceptors (Lipinski definition) is 1.